The number of carbonyl (C=O) groups excluding carboxylic acids is 2. The molecular formula is C42H36BrF6N9O4. The third-order valence-corrected chi connectivity index (χ3v) is 9.68. The molecule has 4 N–H and O–H groups in total. The molecule has 2 aromatic carbocycles. The molecule has 0 bridgehead atoms. The Morgan fingerprint density at radius 2 is 1.34 bits per heavy atom. The van der Waals surface area contributed by atoms with E-state index in [1.54, 1.807) is 24.4 Å². The second-order valence-corrected chi connectivity index (χ2v) is 15.5. The smallest absolute Gasteiger partial charge is 0.433 e. The third kappa shape index (κ3) is 10.9. The zero-order valence-electron chi connectivity index (χ0n) is 32.9. The van der Waals surface area contributed by atoms with Crippen LogP contribution in [-0.4, -0.2) is 66.7 Å². The Labute approximate surface area is 358 Å². The number of nitrogens with one attached hydrogen (secondary N) is 3. The Morgan fingerprint density at radius 3 is 1.92 bits per heavy atom. The molecule has 62 heavy (non-hydrogen) atoms. The number of amides is 5. The van der Waals surface area contributed by atoms with Crippen LogP contribution in [0, 0.1) is 0 Å². The maximum Gasteiger partial charge on any atom is 0.433 e. The van der Waals surface area contributed by atoms with Gasteiger partial charge in [0.2, 0.25) is 0 Å². The fourth-order valence-corrected chi connectivity index (χ4v) is 6.76. The number of pyridine rings is 4. The predicted molar refractivity (Wildman–Crippen MR) is 226 cm³/mol. The van der Waals surface area contributed by atoms with Gasteiger partial charge in [0.15, 0.2) is 0 Å². The van der Waals surface area contributed by atoms with Crippen LogP contribution in [0.4, 0.5) is 63.7 Å². The van der Waals surface area contributed by atoms with E-state index in [1.807, 2.05) is 57.2 Å². The standard InChI is InChI=1S/C22H18F3N5O3.C20H18BrF3N4O/c23-22(24,25)18-2-1-3-19(28-18)29-20(31)27-17-6-9-26-16-5-4-14(12-15(16)17)13-7-10-30(11-8-13)21(32)33;1-19(2,3)28(15-9-10-25-14-8-7-12(21)11-13(14)15)18(29)27-17-6-4-5-16(26-17)20(22,23)24/h1-7,9,12H,8,10-11H2,(H,32,33)(H2,26,27,28,29,31);4-11H,1-3H3,(H,26,27,29). The highest BCUT2D eigenvalue weighted by molar-refractivity contribution is 9.10. The largest absolute Gasteiger partial charge is 0.465 e. The summed E-state index contributed by atoms with van der Waals surface area (Å²) in [5, 5.41) is 17.9. The van der Waals surface area contributed by atoms with E-state index < -0.39 is 47.4 Å². The number of hydrogen-bond donors (Lipinski definition) is 4. The molecule has 13 nitrogen and oxygen atoms in total. The van der Waals surface area contributed by atoms with Crippen LogP contribution in [-0.2, 0) is 12.4 Å². The van der Waals surface area contributed by atoms with E-state index >= 15 is 0 Å². The predicted octanol–water partition coefficient (Wildman–Crippen LogP) is 11.3. The first-order valence-corrected chi connectivity index (χ1v) is 19.3. The maximum atomic E-state index is 13.1. The molecule has 20 heteroatoms. The molecule has 0 atom stereocenters. The first-order chi connectivity index (χ1) is 29.2. The molecule has 0 saturated carbocycles. The van der Waals surface area contributed by atoms with Crippen LogP contribution < -0.4 is 20.9 Å². The first-order valence-electron chi connectivity index (χ1n) is 18.6. The van der Waals surface area contributed by atoms with Gasteiger partial charge in [-0.25, -0.2) is 24.4 Å². The van der Waals surface area contributed by atoms with Gasteiger partial charge in [0.05, 0.1) is 22.4 Å². The number of carboxylic acid groups (broad SMARTS) is 1. The summed E-state index contributed by atoms with van der Waals surface area (Å²) in [6.07, 6.45) is -4.72. The van der Waals surface area contributed by atoms with Crippen molar-refractivity contribution in [3.8, 4) is 0 Å². The van der Waals surface area contributed by atoms with Crippen LogP contribution in [0.25, 0.3) is 27.4 Å². The van der Waals surface area contributed by atoms with Gasteiger partial charge in [-0.15, -0.1) is 0 Å². The average Bonchev–Trinajstić information content (AvgIpc) is 3.20. The third-order valence-electron chi connectivity index (χ3n) is 9.19. The van der Waals surface area contributed by atoms with Gasteiger partial charge in [-0.3, -0.25) is 25.5 Å². The van der Waals surface area contributed by atoms with Crippen molar-refractivity contribution >= 4 is 84.5 Å². The molecule has 0 spiro atoms. The second kappa shape index (κ2) is 18.0. The van der Waals surface area contributed by atoms with Gasteiger partial charge >= 0.3 is 30.5 Å². The van der Waals surface area contributed by atoms with Gasteiger partial charge in [-0.1, -0.05) is 40.2 Å². The fraction of sp³-hybridized carbons (Fsp3) is 0.214. The van der Waals surface area contributed by atoms with E-state index in [-0.39, 0.29) is 18.2 Å². The summed E-state index contributed by atoms with van der Waals surface area (Å²) in [5.74, 6) is -0.421. The van der Waals surface area contributed by atoms with E-state index in [1.165, 1.54) is 34.2 Å². The van der Waals surface area contributed by atoms with Crippen molar-refractivity contribution in [3.63, 3.8) is 0 Å². The van der Waals surface area contributed by atoms with Crippen LogP contribution in [0.15, 0.2) is 108 Å². The lowest BCUT2D eigenvalue weighted by atomic mass is 9.97. The highest BCUT2D eigenvalue weighted by Crippen LogP contribution is 2.34. The lowest BCUT2D eigenvalue weighted by Gasteiger charge is -2.36. The van der Waals surface area contributed by atoms with E-state index in [0.29, 0.717) is 40.8 Å². The molecule has 0 radical (unpaired) electrons. The minimum Gasteiger partial charge on any atom is -0.465 e. The van der Waals surface area contributed by atoms with Crippen molar-refractivity contribution in [2.75, 3.05) is 33.9 Å². The number of aromatic nitrogens is 4. The second-order valence-electron chi connectivity index (χ2n) is 14.6. The average molecular weight is 925 g/mol. The lowest BCUT2D eigenvalue weighted by Crippen LogP contribution is -2.48. The van der Waals surface area contributed by atoms with Gasteiger partial charge in [0.1, 0.15) is 23.0 Å². The van der Waals surface area contributed by atoms with Gasteiger partial charge in [-0.2, -0.15) is 26.3 Å². The molecule has 1 aliphatic heterocycles. The first kappa shape index (κ1) is 44.7. The highest BCUT2D eigenvalue weighted by Gasteiger charge is 2.34. The van der Waals surface area contributed by atoms with Crippen LogP contribution in [0.1, 0.15) is 44.1 Å². The van der Waals surface area contributed by atoms with Gasteiger partial charge in [-0.05, 0) is 105 Å². The molecular weight excluding hydrogens is 888 g/mol. The number of anilines is 4. The van der Waals surface area contributed by atoms with Crippen molar-refractivity contribution in [3.05, 3.63) is 125 Å². The van der Waals surface area contributed by atoms with Crippen LogP contribution >= 0.6 is 15.9 Å². The lowest BCUT2D eigenvalue weighted by molar-refractivity contribution is -0.141. The number of fused-ring (bicyclic) bond motifs is 2. The minimum absolute atomic E-state index is 0.182. The summed E-state index contributed by atoms with van der Waals surface area (Å²) in [6, 6.07) is 19.5. The number of hydrogen-bond acceptors (Lipinski definition) is 7. The Balaban J connectivity index is 0.000000209. The van der Waals surface area contributed by atoms with E-state index in [2.05, 4.69) is 51.8 Å². The Morgan fingerprint density at radius 1 is 0.742 bits per heavy atom. The minimum atomic E-state index is -4.62. The van der Waals surface area contributed by atoms with E-state index in [4.69, 9.17) is 5.11 Å². The molecule has 7 rings (SSSR count). The monoisotopic (exact) mass is 923 g/mol. The number of halogens is 7. The fourth-order valence-electron chi connectivity index (χ4n) is 6.39. The Hall–Kier alpha value is -6.83. The summed E-state index contributed by atoms with van der Waals surface area (Å²) in [6.45, 7) is 6.15. The van der Waals surface area contributed by atoms with Crippen LogP contribution in [0.3, 0.4) is 0 Å². The molecule has 0 fully saturated rings. The molecule has 5 amide bonds. The molecule has 4 aromatic heterocycles. The van der Waals surface area contributed by atoms with E-state index in [9.17, 15) is 40.7 Å². The Kier molecular flexibility index (Phi) is 13.0. The molecule has 0 unspecified atom stereocenters. The summed E-state index contributed by atoms with van der Waals surface area (Å²) >= 11 is 3.42. The number of urea groups is 2. The number of carbonyl (C=O) groups is 3. The number of benzene rings is 2. The van der Waals surface area contributed by atoms with Crippen molar-refractivity contribution in [1.82, 2.24) is 24.8 Å². The van der Waals surface area contributed by atoms with Gasteiger partial charge < -0.3 is 15.3 Å². The van der Waals surface area contributed by atoms with Crippen molar-refractivity contribution in [1.29, 1.82) is 0 Å². The Bertz CT molecular complexity index is 2690. The summed E-state index contributed by atoms with van der Waals surface area (Å²) in [5.41, 5.74) is 1.26. The van der Waals surface area contributed by atoms with Crippen molar-refractivity contribution in [2.24, 2.45) is 0 Å². The van der Waals surface area contributed by atoms with Crippen molar-refractivity contribution < 1.29 is 45.8 Å². The molecule has 0 aliphatic carbocycles. The zero-order valence-corrected chi connectivity index (χ0v) is 34.5. The molecule has 1 aliphatic rings. The molecule has 322 valence electrons. The summed E-state index contributed by atoms with van der Waals surface area (Å²) in [7, 11) is 0. The number of rotatable bonds is 5. The number of nitrogens with zero attached hydrogens (tertiary/aromatic N) is 6. The quantitative estimate of drug-likeness (QED) is 0.124. The van der Waals surface area contributed by atoms with Crippen molar-refractivity contribution in [2.45, 2.75) is 45.1 Å². The van der Waals surface area contributed by atoms with E-state index in [0.717, 1.165) is 39.2 Å². The topological polar surface area (TPSA) is 166 Å². The summed E-state index contributed by atoms with van der Waals surface area (Å²) in [4.78, 5) is 55.0. The van der Waals surface area contributed by atoms with Crippen LogP contribution in [0.5, 0.6) is 0 Å². The molecule has 0 saturated heterocycles. The SMILES string of the molecule is CC(C)(C)N(C(=O)Nc1cccc(C(F)(F)F)n1)c1ccnc2ccc(Br)cc12.O=C(Nc1cccc(C(F)(F)F)n1)Nc1ccnc2ccc(C3=CCN(C(=O)O)CC3)cc12. The number of alkyl halides is 6. The van der Waals surface area contributed by atoms with Gasteiger partial charge in [0.25, 0.3) is 0 Å². The van der Waals surface area contributed by atoms with Gasteiger partial charge in [0, 0.05) is 46.3 Å². The maximum absolute atomic E-state index is 13.1. The molecule has 6 aromatic rings. The summed E-state index contributed by atoms with van der Waals surface area (Å²) < 4.78 is 78.1. The highest BCUT2D eigenvalue weighted by atomic mass is 79.9. The normalized spacial score (nSPS) is 13.1. The zero-order chi connectivity index (χ0) is 45.0. The molecule has 5 heterocycles. The van der Waals surface area contributed by atoms with Crippen LogP contribution in [0.2, 0.25) is 0 Å².